The Morgan fingerprint density at radius 2 is 1.67 bits per heavy atom. The Bertz CT molecular complexity index is 1080. The third-order valence-electron chi connectivity index (χ3n) is 3.92. The van der Waals surface area contributed by atoms with Crippen LogP contribution < -0.4 is 5.56 Å². The highest BCUT2D eigenvalue weighted by Crippen LogP contribution is 2.30. The molecule has 0 saturated carbocycles. The van der Waals surface area contributed by atoms with Gasteiger partial charge in [-0.15, -0.1) is 11.3 Å². The third kappa shape index (κ3) is 2.54. The Balaban J connectivity index is 2.07. The highest BCUT2D eigenvalue weighted by atomic mass is 35.5. The van der Waals surface area contributed by atoms with Crippen LogP contribution in [0.15, 0.2) is 64.9 Å². The first kappa shape index (κ1) is 15.1. The SMILES string of the molecule is Cc1ccc(-c2c(-c3ccc(Cl)cc3)nc3sccn3c2=O)cc1. The van der Waals surface area contributed by atoms with Gasteiger partial charge >= 0.3 is 0 Å². The zero-order valence-electron chi connectivity index (χ0n) is 12.9. The number of hydrogen-bond acceptors (Lipinski definition) is 3. The highest BCUT2D eigenvalue weighted by molar-refractivity contribution is 7.15. The molecule has 4 rings (SSSR count). The van der Waals surface area contributed by atoms with E-state index in [1.807, 2.05) is 60.8 Å². The Morgan fingerprint density at radius 3 is 2.38 bits per heavy atom. The summed E-state index contributed by atoms with van der Waals surface area (Å²) in [7, 11) is 0. The molecular weight excluding hydrogens is 340 g/mol. The van der Waals surface area contributed by atoms with E-state index in [9.17, 15) is 4.79 Å². The lowest BCUT2D eigenvalue weighted by molar-refractivity contribution is 1.08. The zero-order chi connectivity index (χ0) is 16.7. The monoisotopic (exact) mass is 352 g/mol. The van der Waals surface area contributed by atoms with Crippen LogP contribution in [-0.4, -0.2) is 9.38 Å². The van der Waals surface area contributed by atoms with Crippen molar-refractivity contribution in [3.05, 3.63) is 81.0 Å². The first-order chi connectivity index (χ1) is 11.6. The summed E-state index contributed by atoms with van der Waals surface area (Å²) in [6.45, 7) is 2.02. The molecule has 2 aromatic heterocycles. The molecule has 0 saturated heterocycles. The van der Waals surface area contributed by atoms with Gasteiger partial charge < -0.3 is 0 Å². The van der Waals surface area contributed by atoms with E-state index < -0.39 is 0 Å². The molecule has 24 heavy (non-hydrogen) atoms. The molecule has 0 amide bonds. The number of rotatable bonds is 2. The summed E-state index contributed by atoms with van der Waals surface area (Å²) in [4.78, 5) is 18.5. The van der Waals surface area contributed by atoms with Gasteiger partial charge in [0, 0.05) is 22.2 Å². The Kier molecular flexibility index (Phi) is 3.71. The molecule has 4 aromatic rings. The molecule has 0 aliphatic carbocycles. The number of benzene rings is 2. The van der Waals surface area contributed by atoms with Crippen molar-refractivity contribution in [2.75, 3.05) is 0 Å². The van der Waals surface area contributed by atoms with Crippen molar-refractivity contribution in [2.45, 2.75) is 6.92 Å². The molecule has 0 atom stereocenters. The molecule has 0 spiro atoms. The number of hydrogen-bond donors (Lipinski definition) is 0. The van der Waals surface area contributed by atoms with Crippen LogP contribution in [0.4, 0.5) is 0 Å². The van der Waals surface area contributed by atoms with Gasteiger partial charge in [-0.3, -0.25) is 9.20 Å². The van der Waals surface area contributed by atoms with Crippen LogP contribution in [-0.2, 0) is 0 Å². The van der Waals surface area contributed by atoms with Gasteiger partial charge in [0.25, 0.3) is 5.56 Å². The summed E-state index contributed by atoms with van der Waals surface area (Å²) in [6.07, 6.45) is 1.76. The summed E-state index contributed by atoms with van der Waals surface area (Å²) in [5.74, 6) is 0. The van der Waals surface area contributed by atoms with Gasteiger partial charge in [-0.25, -0.2) is 4.98 Å². The second-order valence-electron chi connectivity index (χ2n) is 5.57. The summed E-state index contributed by atoms with van der Waals surface area (Å²) in [5.41, 5.74) is 4.12. The zero-order valence-corrected chi connectivity index (χ0v) is 14.4. The maximum absolute atomic E-state index is 13.0. The molecule has 0 aliphatic rings. The van der Waals surface area contributed by atoms with Crippen molar-refractivity contribution in [3.8, 4) is 22.4 Å². The fourth-order valence-corrected chi connectivity index (χ4v) is 3.51. The van der Waals surface area contributed by atoms with Crippen molar-refractivity contribution in [1.82, 2.24) is 9.38 Å². The lowest BCUT2D eigenvalue weighted by Gasteiger charge is -2.10. The van der Waals surface area contributed by atoms with Gasteiger partial charge in [0.15, 0.2) is 4.96 Å². The molecule has 3 nitrogen and oxygen atoms in total. The van der Waals surface area contributed by atoms with Crippen LogP contribution in [0.3, 0.4) is 0 Å². The molecule has 0 unspecified atom stereocenters. The highest BCUT2D eigenvalue weighted by Gasteiger charge is 2.16. The van der Waals surface area contributed by atoms with Gasteiger partial charge in [0.1, 0.15) is 0 Å². The van der Waals surface area contributed by atoms with Gasteiger partial charge in [-0.2, -0.15) is 0 Å². The predicted molar refractivity (Wildman–Crippen MR) is 100.0 cm³/mol. The van der Waals surface area contributed by atoms with E-state index in [4.69, 9.17) is 16.6 Å². The average molecular weight is 353 g/mol. The number of nitrogens with zero attached hydrogens (tertiary/aromatic N) is 2. The van der Waals surface area contributed by atoms with Crippen molar-refractivity contribution in [2.24, 2.45) is 0 Å². The lowest BCUT2D eigenvalue weighted by Crippen LogP contribution is -2.16. The number of halogens is 1. The molecule has 0 aliphatic heterocycles. The van der Waals surface area contributed by atoms with E-state index in [2.05, 4.69) is 0 Å². The molecule has 5 heteroatoms. The van der Waals surface area contributed by atoms with E-state index in [0.717, 1.165) is 16.7 Å². The second-order valence-corrected chi connectivity index (χ2v) is 6.88. The van der Waals surface area contributed by atoms with Crippen LogP contribution >= 0.6 is 22.9 Å². The maximum Gasteiger partial charge on any atom is 0.267 e. The third-order valence-corrected chi connectivity index (χ3v) is 4.93. The first-order valence-electron chi connectivity index (χ1n) is 7.46. The number of aromatic nitrogens is 2. The normalized spacial score (nSPS) is 11.1. The quantitative estimate of drug-likeness (QED) is 0.505. The van der Waals surface area contributed by atoms with Crippen molar-refractivity contribution < 1.29 is 0 Å². The Morgan fingerprint density at radius 1 is 1.00 bits per heavy atom. The van der Waals surface area contributed by atoms with Gasteiger partial charge in [0.2, 0.25) is 0 Å². The van der Waals surface area contributed by atoms with Gasteiger partial charge in [-0.1, -0.05) is 53.6 Å². The Hall–Kier alpha value is -2.43. The van der Waals surface area contributed by atoms with Crippen LogP contribution in [0.1, 0.15) is 5.56 Å². The molecule has 0 radical (unpaired) electrons. The average Bonchev–Trinajstić information content (AvgIpc) is 3.06. The molecule has 2 aromatic carbocycles. The van der Waals surface area contributed by atoms with Crippen molar-refractivity contribution >= 4 is 27.9 Å². The van der Waals surface area contributed by atoms with Crippen LogP contribution in [0.2, 0.25) is 5.02 Å². The largest absolute Gasteiger partial charge is 0.268 e. The minimum atomic E-state index is -0.0601. The first-order valence-corrected chi connectivity index (χ1v) is 8.72. The molecule has 0 bridgehead atoms. The van der Waals surface area contributed by atoms with Crippen LogP contribution in [0.5, 0.6) is 0 Å². The standard InChI is InChI=1S/C19H13ClN2OS/c1-12-2-4-13(5-3-12)16-17(14-6-8-15(20)9-7-14)21-19-22(18(16)23)10-11-24-19/h2-11H,1H3. The fraction of sp³-hybridized carbons (Fsp3) is 0.0526. The second kappa shape index (κ2) is 5.89. The minimum Gasteiger partial charge on any atom is -0.268 e. The molecule has 0 fully saturated rings. The topological polar surface area (TPSA) is 34.4 Å². The van der Waals surface area contributed by atoms with Crippen molar-refractivity contribution in [1.29, 1.82) is 0 Å². The fourth-order valence-electron chi connectivity index (χ4n) is 2.68. The van der Waals surface area contributed by atoms with Gasteiger partial charge in [-0.05, 0) is 24.6 Å². The van der Waals surface area contributed by atoms with E-state index in [-0.39, 0.29) is 5.56 Å². The summed E-state index contributed by atoms with van der Waals surface area (Å²) < 4.78 is 1.60. The number of aryl methyl sites for hydroxylation is 1. The molecule has 118 valence electrons. The van der Waals surface area contributed by atoms with E-state index >= 15 is 0 Å². The van der Waals surface area contributed by atoms with Crippen LogP contribution in [0.25, 0.3) is 27.3 Å². The predicted octanol–water partition coefficient (Wildman–Crippen LogP) is 5.05. The summed E-state index contributed by atoms with van der Waals surface area (Å²) in [5, 5.41) is 2.53. The maximum atomic E-state index is 13.0. The molecular formula is C19H13ClN2OS. The molecule has 2 heterocycles. The number of thiazole rings is 1. The van der Waals surface area contributed by atoms with Crippen LogP contribution in [0, 0.1) is 6.92 Å². The van der Waals surface area contributed by atoms with Gasteiger partial charge in [0.05, 0.1) is 11.3 Å². The van der Waals surface area contributed by atoms with Crippen molar-refractivity contribution in [3.63, 3.8) is 0 Å². The number of fused-ring (bicyclic) bond motifs is 1. The minimum absolute atomic E-state index is 0.0601. The van der Waals surface area contributed by atoms with E-state index in [1.165, 1.54) is 11.3 Å². The van der Waals surface area contributed by atoms with E-state index in [0.29, 0.717) is 21.2 Å². The Labute approximate surface area is 147 Å². The lowest BCUT2D eigenvalue weighted by atomic mass is 10.00. The smallest absolute Gasteiger partial charge is 0.267 e. The summed E-state index contributed by atoms with van der Waals surface area (Å²) >= 11 is 7.44. The summed E-state index contributed by atoms with van der Waals surface area (Å²) in [6, 6.07) is 15.4. The van der Waals surface area contributed by atoms with E-state index in [1.54, 1.807) is 10.6 Å². The molecule has 0 N–H and O–H groups in total.